The second-order valence-corrected chi connectivity index (χ2v) is 6.15. The van der Waals surface area contributed by atoms with Crippen molar-refractivity contribution in [2.24, 2.45) is 0 Å². The van der Waals surface area contributed by atoms with E-state index in [1.807, 2.05) is 32.6 Å². The third-order valence-electron chi connectivity index (χ3n) is 3.82. The molecule has 3 atom stereocenters. The van der Waals surface area contributed by atoms with E-state index < -0.39 is 0 Å². The van der Waals surface area contributed by atoms with E-state index in [9.17, 15) is 9.59 Å². The molecular formula is C14H25N3O3. The van der Waals surface area contributed by atoms with Crippen LogP contribution in [0, 0.1) is 0 Å². The van der Waals surface area contributed by atoms with Gasteiger partial charge in [-0.2, -0.15) is 0 Å². The molecule has 0 saturated carbocycles. The Morgan fingerprint density at radius 3 is 2.35 bits per heavy atom. The van der Waals surface area contributed by atoms with Crippen LogP contribution in [0.5, 0.6) is 0 Å². The average Bonchev–Trinajstić information content (AvgIpc) is 2.69. The van der Waals surface area contributed by atoms with E-state index in [0.29, 0.717) is 26.1 Å². The summed E-state index contributed by atoms with van der Waals surface area (Å²) in [5.41, 5.74) is 0. The normalized spacial score (nSPS) is 31.1. The Hall–Kier alpha value is -1.30. The predicted molar refractivity (Wildman–Crippen MR) is 75.4 cm³/mol. The smallest absolute Gasteiger partial charge is 0.317 e. The van der Waals surface area contributed by atoms with Gasteiger partial charge in [-0.25, -0.2) is 4.79 Å². The molecule has 0 bridgehead atoms. The number of nitrogens with one attached hydrogen (secondary N) is 1. The number of carbonyl (C=O) groups excluding carboxylic acids is 2. The summed E-state index contributed by atoms with van der Waals surface area (Å²) in [6.45, 7) is 9.74. The maximum Gasteiger partial charge on any atom is 0.317 e. The van der Waals surface area contributed by atoms with E-state index in [1.54, 1.807) is 4.90 Å². The molecule has 0 spiro atoms. The maximum atomic E-state index is 12.3. The van der Waals surface area contributed by atoms with Gasteiger partial charge < -0.3 is 19.9 Å². The highest BCUT2D eigenvalue weighted by atomic mass is 16.5. The van der Waals surface area contributed by atoms with Crippen molar-refractivity contribution in [2.45, 2.75) is 58.4 Å². The van der Waals surface area contributed by atoms with E-state index in [0.717, 1.165) is 0 Å². The molecule has 1 N–H and O–H groups in total. The van der Waals surface area contributed by atoms with Gasteiger partial charge in [0.05, 0.1) is 18.2 Å². The molecule has 6 heteroatoms. The van der Waals surface area contributed by atoms with Gasteiger partial charge in [-0.3, -0.25) is 4.79 Å². The summed E-state index contributed by atoms with van der Waals surface area (Å²) in [4.78, 5) is 27.7. The fourth-order valence-corrected chi connectivity index (χ4v) is 2.94. The molecule has 0 radical (unpaired) electrons. The highest BCUT2D eigenvalue weighted by Gasteiger charge is 2.34. The van der Waals surface area contributed by atoms with Crippen LogP contribution in [-0.4, -0.2) is 65.7 Å². The first-order valence-corrected chi connectivity index (χ1v) is 7.37. The summed E-state index contributed by atoms with van der Waals surface area (Å²) in [6, 6.07) is 0.0223. The Balaban J connectivity index is 1.87. The molecule has 2 fully saturated rings. The van der Waals surface area contributed by atoms with Crippen molar-refractivity contribution in [1.82, 2.24) is 15.1 Å². The quantitative estimate of drug-likeness (QED) is 0.816. The lowest BCUT2D eigenvalue weighted by atomic mass is 10.2. The number of carbonyl (C=O) groups is 2. The van der Waals surface area contributed by atoms with Crippen LogP contribution in [0.4, 0.5) is 4.79 Å². The van der Waals surface area contributed by atoms with Crippen molar-refractivity contribution in [3.05, 3.63) is 0 Å². The van der Waals surface area contributed by atoms with E-state index in [2.05, 4.69) is 5.32 Å². The Kier molecular flexibility index (Phi) is 4.52. The molecule has 2 rings (SSSR count). The zero-order chi connectivity index (χ0) is 14.9. The number of nitrogens with zero attached hydrogens (tertiary/aromatic N) is 2. The first-order chi connectivity index (χ1) is 9.36. The summed E-state index contributed by atoms with van der Waals surface area (Å²) in [7, 11) is 0. The molecule has 6 nitrogen and oxygen atoms in total. The lowest BCUT2D eigenvalue weighted by molar-refractivity contribution is -0.129. The molecular weight excluding hydrogens is 258 g/mol. The van der Waals surface area contributed by atoms with Crippen molar-refractivity contribution in [2.75, 3.05) is 19.6 Å². The van der Waals surface area contributed by atoms with Crippen LogP contribution in [-0.2, 0) is 9.53 Å². The van der Waals surface area contributed by atoms with Crippen molar-refractivity contribution in [3.63, 3.8) is 0 Å². The van der Waals surface area contributed by atoms with Crippen LogP contribution >= 0.6 is 0 Å². The maximum absolute atomic E-state index is 12.3. The Morgan fingerprint density at radius 2 is 1.85 bits per heavy atom. The van der Waals surface area contributed by atoms with Gasteiger partial charge in [0.25, 0.3) is 0 Å². The molecule has 0 aromatic heterocycles. The number of likely N-dealkylation sites (tertiary alicyclic amines) is 1. The summed E-state index contributed by atoms with van der Waals surface area (Å²) in [6.07, 6.45) is 0.517. The predicted octanol–water partition coefficient (Wildman–Crippen LogP) is 0.815. The lowest BCUT2D eigenvalue weighted by Gasteiger charge is -2.35. The fourth-order valence-electron chi connectivity index (χ4n) is 2.94. The lowest BCUT2D eigenvalue weighted by Crippen LogP contribution is -2.53. The van der Waals surface area contributed by atoms with Gasteiger partial charge in [-0.15, -0.1) is 0 Å². The van der Waals surface area contributed by atoms with E-state index in [-0.39, 0.29) is 36.2 Å². The Bertz CT molecular complexity index is 376. The van der Waals surface area contributed by atoms with Crippen molar-refractivity contribution < 1.29 is 14.3 Å². The summed E-state index contributed by atoms with van der Waals surface area (Å²) >= 11 is 0. The highest BCUT2D eigenvalue weighted by Crippen LogP contribution is 2.16. The number of morpholine rings is 1. The van der Waals surface area contributed by atoms with Gasteiger partial charge in [0.15, 0.2) is 0 Å². The SMILES string of the molecule is CC1CN(C(=O)NC2CC(=O)N(C(C)C)C2)CC(C)O1. The standard InChI is InChI=1S/C14H25N3O3/c1-9(2)17-8-12(5-13(17)18)15-14(19)16-6-10(3)20-11(4)7-16/h9-12H,5-8H2,1-4H3,(H,15,19). The van der Waals surface area contributed by atoms with E-state index in [1.165, 1.54) is 0 Å². The van der Waals surface area contributed by atoms with Crippen LogP contribution in [0.1, 0.15) is 34.1 Å². The van der Waals surface area contributed by atoms with E-state index in [4.69, 9.17) is 4.74 Å². The van der Waals surface area contributed by atoms with Gasteiger partial charge in [0.1, 0.15) is 0 Å². The number of ether oxygens (including phenoxy) is 1. The minimum atomic E-state index is -0.0876. The molecule has 0 aliphatic carbocycles. The molecule has 2 heterocycles. The number of hydrogen-bond acceptors (Lipinski definition) is 3. The number of rotatable bonds is 2. The largest absolute Gasteiger partial charge is 0.372 e. The summed E-state index contributed by atoms with van der Waals surface area (Å²) in [5, 5.41) is 2.97. The van der Waals surface area contributed by atoms with Gasteiger partial charge in [-0.1, -0.05) is 0 Å². The van der Waals surface area contributed by atoms with Gasteiger partial charge >= 0.3 is 6.03 Å². The first kappa shape index (κ1) is 15.1. The zero-order valence-electron chi connectivity index (χ0n) is 12.8. The minimum Gasteiger partial charge on any atom is -0.372 e. The molecule has 2 aliphatic heterocycles. The fraction of sp³-hybridized carbons (Fsp3) is 0.857. The number of urea groups is 1. The first-order valence-electron chi connectivity index (χ1n) is 7.37. The average molecular weight is 283 g/mol. The van der Waals surface area contributed by atoms with Crippen LogP contribution in [0.3, 0.4) is 0 Å². The van der Waals surface area contributed by atoms with Crippen molar-refractivity contribution in [3.8, 4) is 0 Å². The Morgan fingerprint density at radius 1 is 1.25 bits per heavy atom. The zero-order valence-corrected chi connectivity index (χ0v) is 12.8. The van der Waals surface area contributed by atoms with Crippen molar-refractivity contribution >= 4 is 11.9 Å². The van der Waals surface area contributed by atoms with Crippen molar-refractivity contribution in [1.29, 1.82) is 0 Å². The second kappa shape index (κ2) is 5.99. The summed E-state index contributed by atoms with van der Waals surface area (Å²) < 4.78 is 5.62. The number of hydrogen-bond donors (Lipinski definition) is 1. The molecule has 2 aliphatic rings. The van der Waals surface area contributed by atoms with Gasteiger partial charge in [-0.05, 0) is 27.7 Å². The van der Waals surface area contributed by atoms with Crippen LogP contribution in [0.25, 0.3) is 0 Å². The molecule has 0 aromatic carbocycles. The molecule has 20 heavy (non-hydrogen) atoms. The van der Waals surface area contributed by atoms with E-state index >= 15 is 0 Å². The topological polar surface area (TPSA) is 61.9 Å². The van der Waals surface area contributed by atoms with Gasteiger partial charge in [0.2, 0.25) is 5.91 Å². The third kappa shape index (κ3) is 3.42. The second-order valence-electron chi connectivity index (χ2n) is 6.15. The van der Waals surface area contributed by atoms with Crippen LogP contribution in [0.2, 0.25) is 0 Å². The van der Waals surface area contributed by atoms with Gasteiger partial charge in [0, 0.05) is 32.1 Å². The molecule has 3 amide bonds. The molecule has 0 aromatic rings. The Labute approximate surface area is 120 Å². The summed E-state index contributed by atoms with van der Waals surface area (Å²) in [5.74, 6) is 0.119. The number of amides is 3. The molecule has 114 valence electrons. The van der Waals surface area contributed by atoms with Crippen LogP contribution in [0.15, 0.2) is 0 Å². The third-order valence-corrected chi connectivity index (χ3v) is 3.82. The molecule has 3 unspecified atom stereocenters. The monoisotopic (exact) mass is 283 g/mol. The minimum absolute atomic E-state index is 0.0573. The van der Waals surface area contributed by atoms with Crippen LogP contribution < -0.4 is 5.32 Å². The highest BCUT2D eigenvalue weighted by molar-refractivity contribution is 5.82. The molecule has 2 saturated heterocycles.